The number of thiophene rings is 1. The highest BCUT2D eigenvalue weighted by atomic mass is 35.5. The number of hydrogen-bond donors (Lipinski definition) is 1. The van der Waals surface area contributed by atoms with E-state index in [9.17, 15) is 9.50 Å². The molecule has 1 fully saturated rings. The molecular formula is C23H22ClFO2S. The van der Waals surface area contributed by atoms with Crippen molar-refractivity contribution in [2.75, 3.05) is 0 Å². The van der Waals surface area contributed by atoms with E-state index in [1.54, 1.807) is 23.5 Å². The van der Waals surface area contributed by atoms with E-state index in [1.807, 2.05) is 19.1 Å². The molecule has 3 unspecified atom stereocenters. The van der Waals surface area contributed by atoms with Crippen molar-refractivity contribution in [3.05, 3.63) is 81.4 Å². The topological polar surface area (TPSA) is 29.5 Å². The fourth-order valence-electron chi connectivity index (χ4n) is 3.69. The summed E-state index contributed by atoms with van der Waals surface area (Å²) in [6, 6.07) is 16.7. The molecule has 0 bridgehead atoms. The second kappa shape index (κ2) is 8.34. The Morgan fingerprint density at radius 2 is 1.89 bits per heavy atom. The number of hydrogen-bond acceptors (Lipinski definition) is 3. The van der Waals surface area contributed by atoms with Gasteiger partial charge in [-0.15, -0.1) is 11.3 Å². The van der Waals surface area contributed by atoms with E-state index in [1.165, 1.54) is 17.0 Å². The molecule has 1 aliphatic heterocycles. The summed E-state index contributed by atoms with van der Waals surface area (Å²) in [6.07, 6.45) is 1.63. The van der Waals surface area contributed by atoms with Gasteiger partial charge in [-0.25, -0.2) is 4.39 Å². The lowest BCUT2D eigenvalue weighted by molar-refractivity contribution is -0.0895. The third kappa shape index (κ3) is 4.47. The fraction of sp³-hybridized carbons (Fsp3) is 0.304. The highest BCUT2D eigenvalue weighted by Crippen LogP contribution is 2.35. The van der Waals surface area contributed by atoms with Gasteiger partial charge in [-0.1, -0.05) is 35.9 Å². The lowest BCUT2D eigenvalue weighted by atomic mass is 9.95. The Morgan fingerprint density at radius 3 is 2.64 bits per heavy atom. The molecule has 1 aromatic heterocycles. The molecule has 1 aliphatic rings. The number of halogens is 2. The number of aliphatic hydroxyl groups excluding tert-OH is 1. The molecule has 4 rings (SSSR count). The molecular weight excluding hydrogens is 395 g/mol. The van der Waals surface area contributed by atoms with Gasteiger partial charge in [0.1, 0.15) is 5.82 Å². The van der Waals surface area contributed by atoms with Gasteiger partial charge in [-0.05, 0) is 60.4 Å². The zero-order valence-electron chi connectivity index (χ0n) is 15.6. The largest absolute Gasteiger partial charge is 0.393 e. The molecule has 2 heterocycles. The van der Waals surface area contributed by atoms with Crippen LogP contribution in [0.3, 0.4) is 0 Å². The van der Waals surface area contributed by atoms with Crippen LogP contribution >= 0.6 is 22.9 Å². The molecule has 28 heavy (non-hydrogen) atoms. The van der Waals surface area contributed by atoms with Gasteiger partial charge in [0.25, 0.3) is 0 Å². The van der Waals surface area contributed by atoms with E-state index < -0.39 is 0 Å². The zero-order chi connectivity index (χ0) is 19.7. The van der Waals surface area contributed by atoms with Crippen LogP contribution in [-0.4, -0.2) is 17.3 Å². The molecule has 2 nitrogen and oxygen atoms in total. The molecule has 0 saturated carbocycles. The van der Waals surface area contributed by atoms with E-state index in [0.29, 0.717) is 12.8 Å². The minimum atomic E-state index is -0.330. The van der Waals surface area contributed by atoms with E-state index in [2.05, 4.69) is 18.2 Å². The van der Waals surface area contributed by atoms with Crippen molar-refractivity contribution in [3.63, 3.8) is 0 Å². The molecule has 3 aromatic rings. The Hall–Kier alpha value is -1.72. The summed E-state index contributed by atoms with van der Waals surface area (Å²) in [5, 5.41) is 10.8. The van der Waals surface area contributed by atoms with E-state index in [-0.39, 0.29) is 24.1 Å². The molecule has 146 valence electrons. The van der Waals surface area contributed by atoms with Crippen molar-refractivity contribution >= 4 is 22.9 Å². The van der Waals surface area contributed by atoms with Gasteiger partial charge < -0.3 is 9.84 Å². The molecule has 5 heteroatoms. The Kier molecular flexibility index (Phi) is 5.83. The number of ether oxygens (including phenoxy) is 1. The molecule has 3 atom stereocenters. The lowest BCUT2D eigenvalue weighted by Gasteiger charge is -2.31. The summed E-state index contributed by atoms with van der Waals surface area (Å²) in [6.45, 7) is 1.99. The van der Waals surface area contributed by atoms with Crippen LogP contribution in [-0.2, 0) is 11.2 Å². The van der Waals surface area contributed by atoms with Gasteiger partial charge in [0.15, 0.2) is 0 Å². The fourth-order valence-corrected chi connectivity index (χ4v) is 4.91. The molecule has 1 N–H and O–H groups in total. The molecule has 2 aromatic carbocycles. The molecule has 0 amide bonds. The SMILES string of the molecule is CC1CC(O)CC(c2ccc(Cl)c(Cc3ccc(-c4ccc(F)cc4)s3)c2)O1. The van der Waals surface area contributed by atoms with Crippen LogP contribution in [0.4, 0.5) is 4.39 Å². The summed E-state index contributed by atoms with van der Waals surface area (Å²) in [7, 11) is 0. The Balaban J connectivity index is 1.54. The molecule has 0 spiro atoms. The van der Waals surface area contributed by atoms with Crippen LogP contribution in [0.2, 0.25) is 5.02 Å². The summed E-state index contributed by atoms with van der Waals surface area (Å²) in [5.74, 6) is -0.228. The molecule has 1 saturated heterocycles. The normalized spacial score (nSPS) is 22.4. The van der Waals surface area contributed by atoms with E-state index in [0.717, 1.165) is 33.0 Å². The Bertz CT molecular complexity index is 943. The third-order valence-corrected chi connectivity index (χ3v) is 6.59. The quantitative estimate of drug-likeness (QED) is 0.533. The van der Waals surface area contributed by atoms with E-state index >= 15 is 0 Å². The highest BCUT2D eigenvalue weighted by Gasteiger charge is 2.27. The van der Waals surface area contributed by atoms with Crippen LogP contribution in [0.1, 0.15) is 41.9 Å². The van der Waals surface area contributed by atoms with Crippen LogP contribution in [0.5, 0.6) is 0 Å². The van der Waals surface area contributed by atoms with Crippen LogP contribution in [0, 0.1) is 5.82 Å². The van der Waals surface area contributed by atoms with Crippen LogP contribution in [0.15, 0.2) is 54.6 Å². The van der Waals surface area contributed by atoms with Crippen molar-refractivity contribution in [1.82, 2.24) is 0 Å². The Labute approximate surface area is 173 Å². The summed E-state index contributed by atoms with van der Waals surface area (Å²) < 4.78 is 19.2. The lowest BCUT2D eigenvalue weighted by Crippen LogP contribution is -2.29. The predicted octanol–water partition coefficient (Wildman–Crippen LogP) is 6.40. The minimum absolute atomic E-state index is 0.0449. The van der Waals surface area contributed by atoms with Crippen molar-refractivity contribution in [3.8, 4) is 10.4 Å². The zero-order valence-corrected chi connectivity index (χ0v) is 17.1. The minimum Gasteiger partial charge on any atom is -0.393 e. The van der Waals surface area contributed by atoms with E-state index in [4.69, 9.17) is 16.3 Å². The van der Waals surface area contributed by atoms with Crippen molar-refractivity contribution in [2.24, 2.45) is 0 Å². The molecule has 0 radical (unpaired) electrons. The second-order valence-electron chi connectivity index (χ2n) is 7.36. The predicted molar refractivity (Wildman–Crippen MR) is 112 cm³/mol. The van der Waals surface area contributed by atoms with Crippen molar-refractivity contribution in [2.45, 2.75) is 44.5 Å². The summed E-state index contributed by atoms with van der Waals surface area (Å²) in [4.78, 5) is 2.30. The van der Waals surface area contributed by atoms with Gasteiger partial charge in [0, 0.05) is 27.6 Å². The molecule has 0 aliphatic carbocycles. The van der Waals surface area contributed by atoms with Crippen LogP contribution < -0.4 is 0 Å². The smallest absolute Gasteiger partial charge is 0.123 e. The Morgan fingerprint density at radius 1 is 1.11 bits per heavy atom. The summed E-state index contributed by atoms with van der Waals surface area (Å²) in [5.41, 5.74) is 3.11. The van der Waals surface area contributed by atoms with Gasteiger partial charge in [-0.2, -0.15) is 0 Å². The number of benzene rings is 2. The van der Waals surface area contributed by atoms with Gasteiger partial charge >= 0.3 is 0 Å². The maximum absolute atomic E-state index is 13.1. The first-order chi connectivity index (χ1) is 13.5. The van der Waals surface area contributed by atoms with Crippen LogP contribution in [0.25, 0.3) is 10.4 Å². The van der Waals surface area contributed by atoms with Crippen molar-refractivity contribution < 1.29 is 14.2 Å². The monoisotopic (exact) mass is 416 g/mol. The highest BCUT2D eigenvalue weighted by molar-refractivity contribution is 7.15. The van der Waals surface area contributed by atoms with Gasteiger partial charge in [-0.3, -0.25) is 0 Å². The first kappa shape index (κ1) is 19.6. The average Bonchev–Trinajstić information content (AvgIpc) is 3.12. The first-order valence-corrected chi connectivity index (χ1v) is 10.6. The second-order valence-corrected chi connectivity index (χ2v) is 8.94. The average molecular weight is 417 g/mol. The third-order valence-electron chi connectivity index (χ3n) is 5.08. The van der Waals surface area contributed by atoms with Crippen molar-refractivity contribution in [1.29, 1.82) is 0 Å². The maximum atomic E-state index is 13.1. The standard InChI is InChI=1S/C23H22ClFO2S/c1-14-10-19(26)13-22(27-14)16-4-8-21(24)17(11-16)12-20-7-9-23(28-20)15-2-5-18(25)6-3-15/h2-9,11,14,19,22,26H,10,12-13H2,1H3. The number of aliphatic hydroxyl groups is 1. The maximum Gasteiger partial charge on any atom is 0.123 e. The summed E-state index contributed by atoms with van der Waals surface area (Å²) >= 11 is 8.14. The van der Waals surface area contributed by atoms with Gasteiger partial charge in [0.05, 0.1) is 18.3 Å². The van der Waals surface area contributed by atoms with Gasteiger partial charge in [0.2, 0.25) is 0 Å². The number of rotatable bonds is 4. The first-order valence-electron chi connectivity index (χ1n) is 9.44.